The summed E-state index contributed by atoms with van der Waals surface area (Å²) in [5, 5.41) is 12.6. The molecule has 0 fully saturated rings. The smallest absolute Gasteiger partial charge is 0.356 e. The molecule has 132 valence electrons. The van der Waals surface area contributed by atoms with E-state index in [1.807, 2.05) is 0 Å². The number of hydrogen-bond acceptors (Lipinski definition) is 6. The Morgan fingerprint density at radius 1 is 1.20 bits per heavy atom. The van der Waals surface area contributed by atoms with E-state index in [0.29, 0.717) is 17.1 Å². The Morgan fingerprint density at radius 3 is 2.48 bits per heavy atom. The standard InChI is InChI=1S/C15H12Cl3N3O4/c1-24-8-4-3-7(5-9(8)25-2)6-19-21-12-10(16)13(15(22)23)20-14(18)11(12)17/h3-6H,1-2H3,(H,20,21)(H,22,23)/b19-6-. The second-order valence-corrected chi connectivity index (χ2v) is 5.66. The lowest BCUT2D eigenvalue weighted by Gasteiger charge is -2.10. The number of ether oxygens (including phenoxy) is 2. The van der Waals surface area contributed by atoms with E-state index < -0.39 is 11.7 Å². The molecule has 0 amide bonds. The third-order valence-corrected chi connectivity index (χ3v) is 4.14. The van der Waals surface area contributed by atoms with Gasteiger partial charge < -0.3 is 14.6 Å². The van der Waals surface area contributed by atoms with Gasteiger partial charge >= 0.3 is 5.97 Å². The van der Waals surface area contributed by atoms with Gasteiger partial charge in [0.15, 0.2) is 22.3 Å². The number of carboxylic acid groups (broad SMARTS) is 1. The maximum Gasteiger partial charge on any atom is 0.356 e. The minimum Gasteiger partial charge on any atom is -0.493 e. The van der Waals surface area contributed by atoms with Crippen molar-refractivity contribution in [1.29, 1.82) is 0 Å². The lowest BCUT2D eigenvalue weighted by atomic mass is 10.2. The first-order valence-electron chi connectivity index (χ1n) is 6.68. The Balaban J connectivity index is 2.30. The van der Waals surface area contributed by atoms with Crippen LogP contribution >= 0.6 is 34.8 Å². The number of aromatic carboxylic acids is 1. The molecule has 0 aliphatic carbocycles. The van der Waals surface area contributed by atoms with Crippen molar-refractivity contribution in [2.24, 2.45) is 5.10 Å². The van der Waals surface area contributed by atoms with Gasteiger partial charge in [-0.15, -0.1) is 0 Å². The van der Waals surface area contributed by atoms with Crippen molar-refractivity contribution < 1.29 is 19.4 Å². The molecule has 0 aliphatic rings. The molecule has 0 radical (unpaired) electrons. The fraction of sp³-hybridized carbons (Fsp3) is 0.133. The van der Waals surface area contributed by atoms with E-state index in [0.717, 1.165) is 0 Å². The predicted octanol–water partition coefficient (Wildman–Crippen LogP) is 4.20. The number of benzene rings is 1. The van der Waals surface area contributed by atoms with Gasteiger partial charge in [-0.3, -0.25) is 5.43 Å². The van der Waals surface area contributed by atoms with Crippen LogP contribution in [-0.2, 0) is 0 Å². The van der Waals surface area contributed by atoms with Gasteiger partial charge in [-0.25, -0.2) is 9.78 Å². The van der Waals surface area contributed by atoms with Crippen LogP contribution in [0.4, 0.5) is 5.69 Å². The van der Waals surface area contributed by atoms with Crippen LogP contribution in [0.25, 0.3) is 0 Å². The van der Waals surface area contributed by atoms with E-state index in [9.17, 15) is 4.79 Å². The first kappa shape index (κ1) is 19.1. The number of nitrogens with one attached hydrogen (secondary N) is 1. The highest BCUT2D eigenvalue weighted by atomic mass is 35.5. The number of rotatable bonds is 6. The molecule has 2 aromatic rings. The van der Waals surface area contributed by atoms with Crippen LogP contribution in [-0.4, -0.2) is 36.5 Å². The average Bonchev–Trinajstić information content (AvgIpc) is 2.60. The Morgan fingerprint density at radius 2 is 1.88 bits per heavy atom. The molecule has 0 spiro atoms. The predicted molar refractivity (Wildman–Crippen MR) is 97.0 cm³/mol. The van der Waals surface area contributed by atoms with Crippen LogP contribution < -0.4 is 14.9 Å². The molecule has 0 bridgehead atoms. The number of anilines is 1. The molecule has 0 unspecified atom stereocenters. The summed E-state index contributed by atoms with van der Waals surface area (Å²) in [4.78, 5) is 14.7. The molecule has 0 saturated heterocycles. The van der Waals surface area contributed by atoms with Gasteiger partial charge in [-0.1, -0.05) is 34.8 Å². The van der Waals surface area contributed by atoms with Crippen LogP contribution in [0.3, 0.4) is 0 Å². The first-order chi connectivity index (χ1) is 11.9. The average molecular weight is 405 g/mol. The third-order valence-electron chi connectivity index (χ3n) is 3.04. The van der Waals surface area contributed by atoms with Gasteiger partial charge in [0.1, 0.15) is 10.0 Å². The minimum atomic E-state index is -1.34. The van der Waals surface area contributed by atoms with Gasteiger partial charge in [-0.05, 0) is 23.8 Å². The normalized spacial score (nSPS) is 10.8. The van der Waals surface area contributed by atoms with Crippen molar-refractivity contribution in [3.05, 3.63) is 44.7 Å². The van der Waals surface area contributed by atoms with Crippen molar-refractivity contribution in [3.8, 4) is 11.5 Å². The number of carboxylic acids is 1. The first-order valence-corrected chi connectivity index (χ1v) is 7.81. The highest BCUT2D eigenvalue weighted by Crippen LogP contribution is 2.36. The van der Waals surface area contributed by atoms with Crippen LogP contribution in [0.1, 0.15) is 16.1 Å². The van der Waals surface area contributed by atoms with Crippen LogP contribution in [0, 0.1) is 0 Å². The SMILES string of the molecule is COc1ccc(/C=N\Nc2c(Cl)c(Cl)nc(C(=O)O)c2Cl)cc1OC. The van der Waals surface area contributed by atoms with E-state index in [1.165, 1.54) is 20.4 Å². The zero-order chi connectivity index (χ0) is 18.6. The number of halogens is 3. The van der Waals surface area contributed by atoms with Crippen molar-refractivity contribution >= 4 is 52.7 Å². The summed E-state index contributed by atoms with van der Waals surface area (Å²) in [5.41, 5.74) is 2.88. The number of aromatic nitrogens is 1. The highest BCUT2D eigenvalue weighted by Gasteiger charge is 2.20. The zero-order valence-corrected chi connectivity index (χ0v) is 15.3. The largest absolute Gasteiger partial charge is 0.493 e. The van der Waals surface area contributed by atoms with Crippen LogP contribution in [0.2, 0.25) is 15.2 Å². The number of hydrazone groups is 1. The van der Waals surface area contributed by atoms with Crippen molar-refractivity contribution in [2.45, 2.75) is 0 Å². The topological polar surface area (TPSA) is 93.0 Å². The number of hydrogen-bond donors (Lipinski definition) is 2. The van der Waals surface area contributed by atoms with Gasteiger partial charge in [0.25, 0.3) is 0 Å². The summed E-state index contributed by atoms with van der Waals surface area (Å²) in [7, 11) is 3.05. The molecule has 25 heavy (non-hydrogen) atoms. The van der Waals surface area contributed by atoms with Crippen LogP contribution in [0.15, 0.2) is 23.3 Å². The van der Waals surface area contributed by atoms with E-state index in [-0.39, 0.29) is 20.9 Å². The Hall–Kier alpha value is -2.22. The molecule has 7 nitrogen and oxygen atoms in total. The van der Waals surface area contributed by atoms with Gasteiger partial charge in [0, 0.05) is 0 Å². The minimum absolute atomic E-state index is 0.0393. The molecule has 1 aromatic heterocycles. The molecular weight excluding hydrogens is 393 g/mol. The lowest BCUT2D eigenvalue weighted by molar-refractivity contribution is 0.0691. The summed E-state index contributed by atoms with van der Waals surface area (Å²) in [6.45, 7) is 0. The van der Waals surface area contributed by atoms with Crippen molar-refractivity contribution in [1.82, 2.24) is 4.98 Å². The molecule has 2 rings (SSSR count). The van der Waals surface area contributed by atoms with Gasteiger partial charge in [0.2, 0.25) is 0 Å². The summed E-state index contributed by atoms with van der Waals surface area (Å²) < 4.78 is 10.3. The zero-order valence-electron chi connectivity index (χ0n) is 13.0. The van der Waals surface area contributed by atoms with Crippen molar-refractivity contribution in [2.75, 3.05) is 19.6 Å². The highest BCUT2D eigenvalue weighted by molar-refractivity contribution is 6.46. The monoisotopic (exact) mass is 403 g/mol. The van der Waals surface area contributed by atoms with E-state index in [1.54, 1.807) is 18.2 Å². The molecule has 0 saturated carbocycles. The van der Waals surface area contributed by atoms with Crippen LogP contribution in [0.5, 0.6) is 11.5 Å². The molecule has 0 aliphatic heterocycles. The Kier molecular flexibility index (Phi) is 6.30. The number of pyridine rings is 1. The molecular formula is C15H12Cl3N3O4. The summed E-state index contributed by atoms with van der Waals surface area (Å²) in [6, 6.07) is 5.17. The molecule has 1 heterocycles. The van der Waals surface area contributed by atoms with E-state index in [4.69, 9.17) is 49.4 Å². The number of carbonyl (C=O) groups is 1. The summed E-state index contributed by atoms with van der Waals surface area (Å²) in [6.07, 6.45) is 1.46. The third kappa shape index (κ3) is 4.25. The van der Waals surface area contributed by atoms with E-state index in [2.05, 4.69) is 15.5 Å². The molecule has 1 aromatic carbocycles. The Labute approximate surface area is 158 Å². The Bertz CT molecular complexity index is 843. The maximum absolute atomic E-state index is 11.1. The van der Waals surface area contributed by atoms with E-state index >= 15 is 0 Å². The molecule has 10 heteroatoms. The fourth-order valence-corrected chi connectivity index (χ4v) is 2.52. The second-order valence-electron chi connectivity index (χ2n) is 4.54. The number of methoxy groups -OCH3 is 2. The molecule has 0 atom stereocenters. The quantitative estimate of drug-likeness (QED) is 0.426. The second kappa shape index (κ2) is 8.24. The summed E-state index contributed by atoms with van der Waals surface area (Å²) in [5.74, 6) is -0.233. The maximum atomic E-state index is 11.1. The summed E-state index contributed by atoms with van der Waals surface area (Å²) >= 11 is 17.8. The number of nitrogens with zero attached hydrogens (tertiary/aromatic N) is 2. The fourth-order valence-electron chi connectivity index (χ4n) is 1.86. The van der Waals surface area contributed by atoms with Gasteiger partial charge in [-0.2, -0.15) is 5.10 Å². The van der Waals surface area contributed by atoms with Crippen molar-refractivity contribution in [3.63, 3.8) is 0 Å². The van der Waals surface area contributed by atoms with Gasteiger partial charge in [0.05, 0.1) is 26.1 Å². The molecule has 2 N–H and O–H groups in total. The lowest BCUT2D eigenvalue weighted by Crippen LogP contribution is -2.05.